The summed E-state index contributed by atoms with van der Waals surface area (Å²) in [5.41, 5.74) is 5.50. The van der Waals surface area contributed by atoms with Gasteiger partial charge in [-0.05, 0) is 56.4 Å². The smallest absolute Gasteiger partial charge is 0.251 e. The number of carbonyl (C=O) groups is 1. The van der Waals surface area contributed by atoms with Crippen molar-refractivity contribution in [2.24, 2.45) is 5.92 Å². The van der Waals surface area contributed by atoms with Gasteiger partial charge in [0.15, 0.2) is 11.6 Å². The van der Waals surface area contributed by atoms with E-state index >= 15 is 0 Å². The molecule has 0 radical (unpaired) electrons. The fourth-order valence-corrected chi connectivity index (χ4v) is 3.77. The normalized spacial score (nSPS) is 16.1. The summed E-state index contributed by atoms with van der Waals surface area (Å²) < 4.78 is 1.74. The Labute approximate surface area is 165 Å². The molecule has 1 aliphatic carbocycles. The van der Waals surface area contributed by atoms with Crippen molar-refractivity contribution in [2.75, 3.05) is 5.32 Å². The highest BCUT2D eigenvalue weighted by Gasteiger charge is 2.31. The number of nitrogens with zero attached hydrogens (tertiary/aromatic N) is 4. The molecule has 0 saturated heterocycles. The Kier molecular flexibility index (Phi) is 4.71. The van der Waals surface area contributed by atoms with Crippen molar-refractivity contribution in [3.63, 3.8) is 0 Å². The molecule has 1 atom stereocenters. The van der Waals surface area contributed by atoms with E-state index in [-0.39, 0.29) is 11.7 Å². The van der Waals surface area contributed by atoms with Crippen LogP contribution in [0.1, 0.15) is 53.3 Å². The number of aromatic nitrogens is 4. The van der Waals surface area contributed by atoms with Gasteiger partial charge in [0.2, 0.25) is 0 Å². The second kappa shape index (κ2) is 7.19. The van der Waals surface area contributed by atoms with E-state index in [0.717, 1.165) is 35.6 Å². The molecule has 28 heavy (non-hydrogen) atoms. The average molecular weight is 375 g/mol. The van der Waals surface area contributed by atoms with Gasteiger partial charge in [0.25, 0.3) is 5.95 Å². The lowest BCUT2D eigenvalue weighted by Gasteiger charge is -2.19. The fourth-order valence-electron chi connectivity index (χ4n) is 3.77. The lowest BCUT2D eigenvalue weighted by atomic mass is 9.88. The van der Waals surface area contributed by atoms with Crippen molar-refractivity contribution < 1.29 is 4.79 Å². The van der Waals surface area contributed by atoms with E-state index in [1.807, 2.05) is 32.0 Å². The maximum Gasteiger partial charge on any atom is 0.251 e. The minimum atomic E-state index is 0.122. The quantitative estimate of drug-likeness (QED) is 0.734. The summed E-state index contributed by atoms with van der Waals surface area (Å²) in [6, 6.07) is 10.1. The van der Waals surface area contributed by atoms with Gasteiger partial charge in [0.1, 0.15) is 0 Å². The molecule has 2 aromatic heterocycles. The molecule has 0 spiro atoms. The molecular formula is C22H25N5O. The minimum Gasteiger partial charge on any atom is -0.338 e. The van der Waals surface area contributed by atoms with Gasteiger partial charge in [-0.25, -0.2) is 14.6 Å². The summed E-state index contributed by atoms with van der Waals surface area (Å²) >= 11 is 0. The van der Waals surface area contributed by atoms with Crippen LogP contribution in [0, 0.1) is 19.8 Å². The number of aryl methyl sites for hydroxylation is 3. The van der Waals surface area contributed by atoms with Crippen molar-refractivity contribution in [3.8, 4) is 5.95 Å². The van der Waals surface area contributed by atoms with E-state index in [2.05, 4.69) is 41.3 Å². The Morgan fingerprint density at radius 1 is 1.11 bits per heavy atom. The van der Waals surface area contributed by atoms with Crippen LogP contribution < -0.4 is 5.32 Å². The van der Waals surface area contributed by atoms with Crippen molar-refractivity contribution in [1.82, 2.24) is 19.7 Å². The maximum atomic E-state index is 12.9. The zero-order chi connectivity index (χ0) is 19.8. The first-order valence-corrected chi connectivity index (χ1v) is 9.78. The highest BCUT2D eigenvalue weighted by molar-refractivity contribution is 6.03. The molecule has 0 saturated carbocycles. The number of hydrogen-bond acceptors (Lipinski definition) is 5. The van der Waals surface area contributed by atoms with Crippen LogP contribution in [0.2, 0.25) is 0 Å². The molecule has 1 unspecified atom stereocenters. The monoisotopic (exact) mass is 375 g/mol. The second-order valence-electron chi connectivity index (χ2n) is 7.64. The molecule has 2 heterocycles. The standard InChI is InChI=1S/C22H25N5O/c1-5-16-6-8-17(9-7-16)25-21-20-18(10-13(2)11-19(20)28)27(26-21)22-23-14(3)12-15(4)24-22/h6-9,12-13H,5,10-11H2,1-4H3,(H,25,26). The van der Waals surface area contributed by atoms with E-state index in [0.29, 0.717) is 23.8 Å². The Morgan fingerprint density at radius 3 is 2.43 bits per heavy atom. The van der Waals surface area contributed by atoms with Crippen LogP contribution in [0.15, 0.2) is 30.3 Å². The van der Waals surface area contributed by atoms with Crippen LogP contribution in [-0.4, -0.2) is 25.5 Å². The van der Waals surface area contributed by atoms with Crippen molar-refractivity contribution in [1.29, 1.82) is 0 Å². The largest absolute Gasteiger partial charge is 0.338 e. The molecule has 0 fully saturated rings. The van der Waals surface area contributed by atoms with Gasteiger partial charge < -0.3 is 5.32 Å². The van der Waals surface area contributed by atoms with Crippen LogP contribution in [0.4, 0.5) is 11.5 Å². The summed E-state index contributed by atoms with van der Waals surface area (Å²) in [4.78, 5) is 22.0. The van der Waals surface area contributed by atoms with Crippen LogP contribution in [0.25, 0.3) is 5.95 Å². The van der Waals surface area contributed by atoms with Gasteiger partial charge >= 0.3 is 0 Å². The molecule has 1 aromatic carbocycles. The molecule has 144 valence electrons. The summed E-state index contributed by atoms with van der Waals surface area (Å²) in [6.07, 6.45) is 2.31. The Morgan fingerprint density at radius 2 is 1.79 bits per heavy atom. The third kappa shape index (κ3) is 3.42. The number of carbonyl (C=O) groups excluding carboxylic acids is 1. The number of hydrogen-bond donors (Lipinski definition) is 1. The van der Waals surface area contributed by atoms with Crippen molar-refractivity contribution in [3.05, 3.63) is 58.5 Å². The van der Waals surface area contributed by atoms with Crippen LogP contribution in [0.3, 0.4) is 0 Å². The molecule has 0 amide bonds. The number of fused-ring (bicyclic) bond motifs is 1. The Hall–Kier alpha value is -3.02. The summed E-state index contributed by atoms with van der Waals surface area (Å²) in [7, 11) is 0. The van der Waals surface area contributed by atoms with Crippen molar-refractivity contribution >= 4 is 17.3 Å². The molecule has 0 aliphatic heterocycles. The molecule has 4 rings (SSSR count). The SMILES string of the molecule is CCc1ccc(Nc2nn(-c3nc(C)cc(C)n3)c3c2C(=O)CC(C)C3)cc1. The first kappa shape index (κ1) is 18.3. The second-order valence-corrected chi connectivity index (χ2v) is 7.64. The molecule has 3 aromatic rings. The molecular weight excluding hydrogens is 350 g/mol. The average Bonchev–Trinajstić information content (AvgIpc) is 3.00. The van der Waals surface area contributed by atoms with Crippen LogP contribution in [0.5, 0.6) is 0 Å². The fraction of sp³-hybridized carbons (Fsp3) is 0.364. The first-order chi connectivity index (χ1) is 13.4. The molecule has 6 nitrogen and oxygen atoms in total. The third-order valence-electron chi connectivity index (χ3n) is 5.12. The molecule has 1 aliphatic rings. The number of benzene rings is 1. The van der Waals surface area contributed by atoms with Gasteiger partial charge in [-0.15, -0.1) is 5.10 Å². The molecule has 0 bridgehead atoms. The lowest BCUT2D eigenvalue weighted by Crippen LogP contribution is -2.20. The molecule has 6 heteroatoms. The van der Waals surface area contributed by atoms with Gasteiger partial charge in [0.05, 0.1) is 11.3 Å². The Bertz CT molecular complexity index is 1020. The van der Waals surface area contributed by atoms with Gasteiger partial charge in [-0.3, -0.25) is 4.79 Å². The van der Waals surface area contributed by atoms with Crippen LogP contribution in [-0.2, 0) is 12.8 Å². The van der Waals surface area contributed by atoms with E-state index in [1.54, 1.807) is 4.68 Å². The number of anilines is 2. The summed E-state index contributed by atoms with van der Waals surface area (Å²) in [6.45, 7) is 8.11. The topological polar surface area (TPSA) is 72.7 Å². The Balaban J connectivity index is 1.81. The van der Waals surface area contributed by atoms with Crippen molar-refractivity contribution in [2.45, 2.75) is 47.0 Å². The minimum absolute atomic E-state index is 0.122. The summed E-state index contributed by atoms with van der Waals surface area (Å²) in [5, 5.41) is 8.07. The number of rotatable bonds is 4. The van der Waals surface area contributed by atoms with E-state index in [9.17, 15) is 4.79 Å². The number of ketones is 1. The predicted molar refractivity (Wildman–Crippen MR) is 110 cm³/mol. The first-order valence-electron chi connectivity index (χ1n) is 9.78. The van der Waals surface area contributed by atoms with E-state index in [1.165, 1.54) is 5.56 Å². The van der Waals surface area contributed by atoms with Crippen LogP contribution >= 0.6 is 0 Å². The number of Topliss-reactive ketones (excluding diaryl/α,β-unsaturated/α-hetero) is 1. The highest BCUT2D eigenvalue weighted by atomic mass is 16.1. The third-order valence-corrected chi connectivity index (χ3v) is 5.12. The zero-order valence-electron chi connectivity index (χ0n) is 16.8. The summed E-state index contributed by atoms with van der Waals surface area (Å²) in [5.74, 6) is 1.50. The molecule has 1 N–H and O–H groups in total. The van der Waals surface area contributed by atoms with Gasteiger partial charge in [-0.1, -0.05) is 26.0 Å². The number of nitrogens with one attached hydrogen (secondary N) is 1. The maximum absolute atomic E-state index is 12.9. The van der Waals surface area contributed by atoms with Gasteiger partial charge in [0, 0.05) is 23.5 Å². The predicted octanol–water partition coefficient (Wildman–Crippen LogP) is 4.35. The zero-order valence-corrected chi connectivity index (χ0v) is 16.8. The van der Waals surface area contributed by atoms with E-state index < -0.39 is 0 Å². The highest BCUT2D eigenvalue weighted by Crippen LogP contribution is 2.33. The van der Waals surface area contributed by atoms with E-state index in [4.69, 9.17) is 5.10 Å². The lowest BCUT2D eigenvalue weighted by molar-refractivity contribution is 0.0953. The van der Waals surface area contributed by atoms with Gasteiger partial charge in [-0.2, -0.15) is 0 Å².